The number of likely N-dealkylation sites (tertiary alicyclic amines) is 1. The molecule has 0 saturated carbocycles. The van der Waals surface area contributed by atoms with Crippen molar-refractivity contribution >= 4 is 28.8 Å². The average molecular weight is 457 g/mol. The van der Waals surface area contributed by atoms with E-state index in [9.17, 15) is 34.9 Å². The first-order chi connectivity index (χ1) is 15.8. The molecule has 2 aromatic carbocycles. The highest BCUT2D eigenvalue weighted by Crippen LogP contribution is 2.42. The summed E-state index contributed by atoms with van der Waals surface area (Å²) in [5.74, 6) is -2.67. The van der Waals surface area contributed by atoms with Gasteiger partial charge in [0.2, 0.25) is 0 Å². The lowest BCUT2D eigenvalue weighted by Gasteiger charge is -2.25. The van der Waals surface area contributed by atoms with Crippen LogP contribution >= 0.6 is 0 Å². The van der Waals surface area contributed by atoms with E-state index in [1.807, 2.05) is 0 Å². The summed E-state index contributed by atoms with van der Waals surface area (Å²) in [6, 6.07) is 8.87. The van der Waals surface area contributed by atoms with Crippen molar-refractivity contribution in [2.75, 3.05) is 26.4 Å². The zero-order valence-electron chi connectivity index (χ0n) is 17.1. The smallest absolute Gasteiger partial charge is 0.295 e. The molecule has 2 aromatic rings. The number of Topliss-reactive ketones (excluding diaryl/α,β-unsaturated/α-hetero) is 1. The highest BCUT2D eigenvalue weighted by Gasteiger charge is 2.47. The number of aliphatic hydroxyl groups excluding tert-OH is 2. The predicted octanol–water partition coefficient (Wildman–Crippen LogP) is 1.93. The molecule has 1 heterocycles. The Labute approximate surface area is 186 Å². The Morgan fingerprint density at radius 2 is 1.67 bits per heavy atom. The van der Waals surface area contributed by atoms with Gasteiger partial charge in [-0.2, -0.15) is 0 Å². The Bertz CT molecular complexity index is 1130. The van der Waals surface area contributed by atoms with Gasteiger partial charge in [-0.05, 0) is 18.2 Å². The third kappa shape index (κ3) is 4.71. The number of rotatable bonds is 9. The van der Waals surface area contributed by atoms with E-state index in [2.05, 4.69) is 0 Å². The van der Waals surface area contributed by atoms with Crippen LogP contribution in [0.15, 0.2) is 54.1 Å². The standard InChI is InChI=1S/C21H19N3O9/c25-10-12-33-11-9-22-18(15-3-1-2-4-16(15)24(31)32)17(20(27)21(22)28)19(26)13-5-7-14(8-6-13)23(29)30/h1-8,18,25-26H,9-12H2. The summed E-state index contributed by atoms with van der Waals surface area (Å²) in [5, 5.41) is 42.3. The maximum absolute atomic E-state index is 12.9. The summed E-state index contributed by atoms with van der Waals surface area (Å²) in [6.07, 6.45) is 0. The van der Waals surface area contributed by atoms with E-state index in [4.69, 9.17) is 9.84 Å². The van der Waals surface area contributed by atoms with Crippen molar-refractivity contribution in [3.05, 3.63) is 85.5 Å². The minimum atomic E-state index is -1.29. The van der Waals surface area contributed by atoms with Gasteiger partial charge in [-0.15, -0.1) is 0 Å². The molecule has 1 unspecified atom stereocenters. The Kier molecular flexibility index (Phi) is 7.10. The van der Waals surface area contributed by atoms with Crippen LogP contribution in [0.3, 0.4) is 0 Å². The molecular weight excluding hydrogens is 438 g/mol. The molecule has 0 aliphatic carbocycles. The molecule has 0 radical (unpaired) electrons. The molecule has 172 valence electrons. The quantitative estimate of drug-likeness (QED) is 0.142. The van der Waals surface area contributed by atoms with E-state index in [1.54, 1.807) is 0 Å². The number of nitro benzene ring substituents is 2. The Hall–Kier alpha value is -4.16. The number of hydrogen-bond acceptors (Lipinski definition) is 9. The van der Waals surface area contributed by atoms with Gasteiger partial charge in [-0.25, -0.2) is 0 Å². The first-order valence-corrected chi connectivity index (χ1v) is 9.73. The number of nitro groups is 2. The Balaban J connectivity index is 2.14. The fraction of sp³-hybridized carbons (Fsp3) is 0.238. The van der Waals surface area contributed by atoms with Crippen molar-refractivity contribution in [1.82, 2.24) is 4.90 Å². The van der Waals surface area contributed by atoms with E-state index in [-0.39, 0.29) is 54.4 Å². The van der Waals surface area contributed by atoms with Crippen molar-refractivity contribution in [3.8, 4) is 0 Å². The van der Waals surface area contributed by atoms with Gasteiger partial charge < -0.3 is 19.8 Å². The number of ketones is 1. The first-order valence-electron chi connectivity index (χ1n) is 9.73. The van der Waals surface area contributed by atoms with Gasteiger partial charge in [-0.1, -0.05) is 12.1 Å². The van der Waals surface area contributed by atoms with E-state index in [0.29, 0.717) is 0 Å². The molecule has 1 atom stereocenters. The molecule has 33 heavy (non-hydrogen) atoms. The van der Waals surface area contributed by atoms with Crippen molar-refractivity contribution in [1.29, 1.82) is 0 Å². The van der Waals surface area contributed by atoms with Crippen LogP contribution in [0.1, 0.15) is 17.2 Å². The minimum absolute atomic E-state index is 0.00678. The van der Waals surface area contributed by atoms with E-state index in [1.165, 1.54) is 36.4 Å². The zero-order chi connectivity index (χ0) is 24.1. The molecule has 0 bridgehead atoms. The first kappa shape index (κ1) is 23.5. The number of para-hydroxylation sites is 1. The molecule has 1 amide bonds. The molecule has 2 N–H and O–H groups in total. The molecule has 12 nitrogen and oxygen atoms in total. The van der Waals surface area contributed by atoms with Gasteiger partial charge in [0.1, 0.15) is 5.76 Å². The topological polar surface area (TPSA) is 173 Å². The maximum atomic E-state index is 12.9. The van der Waals surface area contributed by atoms with E-state index < -0.39 is 33.3 Å². The van der Waals surface area contributed by atoms with E-state index >= 15 is 0 Å². The lowest BCUT2D eigenvalue weighted by atomic mass is 9.94. The van der Waals surface area contributed by atoms with Crippen molar-refractivity contribution in [2.24, 2.45) is 0 Å². The van der Waals surface area contributed by atoms with Crippen LogP contribution < -0.4 is 0 Å². The normalized spacial score (nSPS) is 17.4. The number of nitrogens with zero attached hydrogens (tertiary/aromatic N) is 3. The highest BCUT2D eigenvalue weighted by molar-refractivity contribution is 6.46. The third-order valence-corrected chi connectivity index (χ3v) is 5.03. The molecule has 1 aliphatic heterocycles. The molecular formula is C21H19N3O9. The summed E-state index contributed by atoms with van der Waals surface area (Å²) in [6.45, 7) is -0.476. The van der Waals surface area contributed by atoms with Gasteiger partial charge >= 0.3 is 0 Å². The summed E-state index contributed by atoms with van der Waals surface area (Å²) in [4.78, 5) is 48.0. The van der Waals surface area contributed by atoms with Crippen LogP contribution in [-0.4, -0.2) is 63.0 Å². The van der Waals surface area contributed by atoms with Crippen molar-refractivity contribution < 1.29 is 34.4 Å². The molecule has 1 aliphatic rings. The van der Waals surface area contributed by atoms with Crippen LogP contribution in [0.4, 0.5) is 11.4 Å². The number of non-ortho nitro benzene ring substituents is 1. The number of aliphatic hydroxyl groups is 2. The average Bonchev–Trinajstić information content (AvgIpc) is 3.06. The SMILES string of the molecule is O=C1C(=O)N(CCOCCO)C(c2ccccc2[N+](=O)[O-])C1=C(O)c1ccc([N+](=O)[O-])cc1. The summed E-state index contributed by atoms with van der Waals surface area (Å²) in [5.41, 5.74) is -0.958. The Morgan fingerprint density at radius 3 is 2.27 bits per heavy atom. The second-order valence-corrected chi connectivity index (χ2v) is 6.95. The molecule has 0 spiro atoms. The van der Waals surface area contributed by atoms with Gasteiger partial charge in [0.25, 0.3) is 23.1 Å². The van der Waals surface area contributed by atoms with Crippen molar-refractivity contribution in [3.63, 3.8) is 0 Å². The monoisotopic (exact) mass is 457 g/mol. The van der Waals surface area contributed by atoms with Crippen LogP contribution in [0, 0.1) is 20.2 Å². The predicted molar refractivity (Wildman–Crippen MR) is 113 cm³/mol. The molecule has 12 heteroatoms. The number of amides is 1. The molecule has 3 rings (SSSR count). The lowest BCUT2D eigenvalue weighted by molar-refractivity contribution is -0.385. The molecule has 1 fully saturated rings. The minimum Gasteiger partial charge on any atom is -0.507 e. The highest BCUT2D eigenvalue weighted by atomic mass is 16.6. The van der Waals surface area contributed by atoms with E-state index in [0.717, 1.165) is 17.0 Å². The number of ether oxygens (including phenoxy) is 1. The van der Waals surface area contributed by atoms with Gasteiger partial charge in [0, 0.05) is 30.3 Å². The fourth-order valence-corrected chi connectivity index (χ4v) is 3.55. The number of hydrogen-bond donors (Lipinski definition) is 2. The fourth-order valence-electron chi connectivity index (χ4n) is 3.55. The maximum Gasteiger partial charge on any atom is 0.295 e. The third-order valence-electron chi connectivity index (χ3n) is 5.03. The second kappa shape index (κ2) is 9.97. The van der Waals surface area contributed by atoms with Crippen molar-refractivity contribution in [2.45, 2.75) is 6.04 Å². The summed E-state index contributed by atoms with van der Waals surface area (Å²) in [7, 11) is 0. The number of carbonyl (C=O) groups excluding carboxylic acids is 2. The number of carbonyl (C=O) groups is 2. The second-order valence-electron chi connectivity index (χ2n) is 6.95. The summed E-state index contributed by atoms with van der Waals surface area (Å²) < 4.78 is 5.17. The largest absolute Gasteiger partial charge is 0.507 e. The van der Waals surface area contributed by atoms with Crippen LogP contribution in [0.2, 0.25) is 0 Å². The van der Waals surface area contributed by atoms with Gasteiger partial charge in [-0.3, -0.25) is 29.8 Å². The molecule has 0 aromatic heterocycles. The van der Waals surface area contributed by atoms with Crippen LogP contribution in [0.5, 0.6) is 0 Å². The van der Waals surface area contributed by atoms with Crippen LogP contribution in [0.25, 0.3) is 5.76 Å². The zero-order valence-corrected chi connectivity index (χ0v) is 17.1. The number of benzene rings is 2. The lowest BCUT2D eigenvalue weighted by Crippen LogP contribution is -2.33. The van der Waals surface area contributed by atoms with Crippen LogP contribution in [-0.2, 0) is 14.3 Å². The van der Waals surface area contributed by atoms with Gasteiger partial charge in [0.15, 0.2) is 0 Å². The summed E-state index contributed by atoms with van der Waals surface area (Å²) >= 11 is 0. The molecule has 1 saturated heterocycles. The Morgan fingerprint density at radius 1 is 1.00 bits per heavy atom. The van der Waals surface area contributed by atoms with Gasteiger partial charge in [0.05, 0.1) is 46.8 Å².